The fraction of sp³-hybridized carbons (Fsp3) is 0.316. The number of carbonyl (C=O) groups excluding carboxylic acids is 1. The van der Waals surface area contributed by atoms with Gasteiger partial charge in [0.05, 0.1) is 5.92 Å². The Hall–Kier alpha value is -3.00. The Morgan fingerprint density at radius 2 is 2.04 bits per heavy atom. The summed E-state index contributed by atoms with van der Waals surface area (Å²) in [6, 6.07) is 9.24. The van der Waals surface area contributed by atoms with Gasteiger partial charge in [-0.05, 0) is 49.6 Å². The van der Waals surface area contributed by atoms with Crippen molar-refractivity contribution >= 4 is 29.0 Å². The van der Waals surface area contributed by atoms with Gasteiger partial charge in [0.25, 0.3) is 0 Å². The van der Waals surface area contributed by atoms with Crippen molar-refractivity contribution < 1.29 is 4.79 Å². The first-order valence-corrected chi connectivity index (χ1v) is 9.48. The van der Waals surface area contributed by atoms with Crippen LogP contribution in [0.4, 0.5) is 11.5 Å². The fourth-order valence-electron chi connectivity index (χ4n) is 3.30. The highest BCUT2D eigenvalue weighted by molar-refractivity contribution is 6.31. The number of nitrogens with one attached hydrogen (secondary N) is 1. The number of hydrogen-bond donors (Lipinski definition) is 1. The minimum Gasteiger partial charge on any atom is -0.354 e. The number of halogens is 1. The van der Waals surface area contributed by atoms with Crippen LogP contribution in [0, 0.1) is 12.8 Å². The largest absolute Gasteiger partial charge is 0.354 e. The summed E-state index contributed by atoms with van der Waals surface area (Å²) in [6.45, 7) is 3.39. The van der Waals surface area contributed by atoms with Gasteiger partial charge in [-0.15, -0.1) is 10.2 Å². The number of benzene rings is 1. The van der Waals surface area contributed by atoms with Crippen LogP contribution in [0.25, 0.3) is 5.82 Å². The van der Waals surface area contributed by atoms with Gasteiger partial charge in [-0.2, -0.15) is 5.10 Å². The van der Waals surface area contributed by atoms with Crippen LogP contribution >= 0.6 is 11.6 Å². The van der Waals surface area contributed by atoms with Gasteiger partial charge >= 0.3 is 0 Å². The fourth-order valence-corrected chi connectivity index (χ4v) is 3.47. The molecule has 3 heterocycles. The Balaban J connectivity index is 1.44. The molecule has 0 radical (unpaired) electrons. The lowest BCUT2D eigenvalue weighted by Gasteiger charge is -2.32. The van der Waals surface area contributed by atoms with Gasteiger partial charge in [0.15, 0.2) is 11.6 Å². The highest BCUT2D eigenvalue weighted by atomic mass is 35.5. The lowest BCUT2D eigenvalue weighted by Crippen LogP contribution is -2.41. The van der Waals surface area contributed by atoms with Crippen LogP contribution < -0.4 is 10.2 Å². The Morgan fingerprint density at radius 3 is 2.79 bits per heavy atom. The monoisotopic (exact) mass is 397 g/mol. The summed E-state index contributed by atoms with van der Waals surface area (Å²) in [5.41, 5.74) is 1.74. The average molecular weight is 398 g/mol. The van der Waals surface area contributed by atoms with Crippen molar-refractivity contribution in [1.29, 1.82) is 0 Å². The molecular weight excluding hydrogens is 378 g/mol. The molecule has 3 aromatic rings. The summed E-state index contributed by atoms with van der Waals surface area (Å²) in [4.78, 5) is 18.8. The van der Waals surface area contributed by atoms with E-state index in [4.69, 9.17) is 11.6 Å². The number of rotatable bonds is 4. The first-order valence-electron chi connectivity index (χ1n) is 9.11. The number of aryl methyl sites for hydroxylation is 1. The summed E-state index contributed by atoms with van der Waals surface area (Å²) in [6.07, 6.45) is 4.78. The predicted molar refractivity (Wildman–Crippen MR) is 107 cm³/mol. The molecule has 1 fully saturated rings. The van der Waals surface area contributed by atoms with E-state index in [0.717, 1.165) is 36.5 Å². The van der Waals surface area contributed by atoms with Crippen LogP contribution in [0.15, 0.2) is 43.0 Å². The first kappa shape index (κ1) is 18.4. The van der Waals surface area contributed by atoms with Crippen LogP contribution in [0.2, 0.25) is 5.02 Å². The van der Waals surface area contributed by atoms with Crippen molar-refractivity contribution in [2.24, 2.45) is 5.92 Å². The minimum atomic E-state index is -0.121. The third-order valence-corrected chi connectivity index (χ3v) is 5.10. The van der Waals surface area contributed by atoms with Crippen LogP contribution in [-0.2, 0) is 4.79 Å². The Morgan fingerprint density at radius 1 is 1.21 bits per heavy atom. The van der Waals surface area contributed by atoms with Gasteiger partial charge in [0, 0.05) is 23.8 Å². The van der Waals surface area contributed by atoms with E-state index in [1.165, 1.54) is 6.33 Å². The molecule has 1 unspecified atom stereocenters. The van der Waals surface area contributed by atoms with E-state index in [2.05, 4.69) is 30.5 Å². The van der Waals surface area contributed by atoms with Gasteiger partial charge in [-0.3, -0.25) is 4.79 Å². The number of piperidine rings is 1. The highest BCUT2D eigenvalue weighted by Crippen LogP contribution is 2.25. The summed E-state index contributed by atoms with van der Waals surface area (Å²) < 4.78 is 1.55. The number of amides is 1. The Labute approximate surface area is 167 Å². The van der Waals surface area contributed by atoms with Crippen molar-refractivity contribution in [3.8, 4) is 5.82 Å². The van der Waals surface area contributed by atoms with Crippen molar-refractivity contribution in [2.45, 2.75) is 19.8 Å². The van der Waals surface area contributed by atoms with Crippen molar-refractivity contribution in [1.82, 2.24) is 25.0 Å². The van der Waals surface area contributed by atoms with Gasteiger partial charge in [0.2, 0.25) is 5.91 Å². The predicted octanol–water partition coefficient (Wildman–Crippen LogP) is 2.87. The summed E-state index contributed by atoms with van der Waals surface area (Å²) in [5.74, 6) is 1.23. The smallest absolute Gasteiger partial charge is 0.229 e. The van der Waals surface area contributed by atoms with Gasteiger partial charge in [-0.1, -0.05) is 17.7 Å². The van der Waals surface area contributed by atoms with Crippen molar-refractivity contribution in [3.63, 3.8) is 0 Å². The molecule has 1 atom stereocenters. The maximum atomic E-state index is 12.8. The third-order valence-electron chi connectivity index (χ3n) is 4.86. The lowest BCUT2D eigenvalue weighted by atomic mass is 9.97. The van der Waals surface area contributed by atoms with E-state index in [9.17, 15) is 4.79 Å². The molecule has 0 aliphatic carbocycles. The number of hydrogen-bond acceptors (Lipinski definition) is 6. The van der Waals surface area contributed by atoms with Crippen molar-refractivity contribution in [2.75, 3.05) is 23.3 Å². The van der Waals surface area contributed by atoms with Crippen LogP contribution in [-0.4, -0.2) is 44.0 Å². The topological polar surface area (TPSA) is 88.8 Å². The quantitative estimate of drug-likeness (QED) is 0.728. The standard InChI is InChI=1S/C19H20ClN7O/c1-13-4-5-15(20)9-16(13)23-19(28)14-3-2-8-26(10-14)17-6-7-18(25-24-17)27-12-21-11-22-27/h4-7,9,11-12,14H,2-3,8,10H2,1H3,(H,23,28). The molecule has 0 saturated carbocycles. The van der Waals surface area contributed by atoms with Crippen LogP contribution in [0.5, 0.6) is 0 Å². The lowest BCUT2D eigenvalue weighted by molar-refractivity contribution is -0.120. The molecule has 0 bridgehead atoms. The average Bonchev–Trinajstić information content (AvgIpc) is 3.26. The number of aromatic nitrogens is 5. The molecule has 144 valence electrons. The molecule has 1 aromatic carbocycles. The zero-order chi connectivity index (χ0) is 19.5. The van der Waals surface area contributed by atoms with E-state index < -0.39 is 0 Å². The molecule has 1 aliphatic heterocycles. The molecule has 1 aliphatic rings. The van der Waals surface area contributed by atoms with Gasteiger partial charge in [0.1, 0.15) is 12.7 Å². The van der Waals surface area contributed by atoms with E-state index in [1.54, 1.807) is 17.1 Å². The van der Waals surface area contributed by atoms with Crippen LogP contribution in [0.3, 0.4) is 0 Å². The summed E-state index contributed by atoms with van der Waals surface area (Å²) in [5, 5.41) is 16.2. The third kappa shape index (κ3) is 3.96. The van der Waals surface area contributed by atoms with Crippen LogP contribution in [0.1, 0.15) is 18.4 Å². The van der Waals surface area contributed by atoms with Crippen molar-refractivity contribution in [3.05, 3.63) is 53.6 Å². The SMILES string of the molecule is Cc1ccc(Cl)cc1NC(=O)C1CCCN(c2ccc(-n3cncn3)nn2)C1. The second-order valence-electron chi connectivity index (χ2n) is 6.82. The molecule has 4 rings (SSSR count). The molecule has 8 nitrogen and oxygen atoms in total. The zero-order valence-electron chi connectivity index (χ0n) is 15.4. The molecule has 1 N–H and O–H groups in total. The molecular formula is C19H20ClN7O. The number of nitrogens with zero attached hydrogens (tertiary/aromatic N) is 6. The van der Waals surface area contributed by atoms with E-state index in [0.29, 0.717) is 17.4 Å². The number of anilines is 2. The van der Waals surface area contributed by atoms with E-state index in [-0.39, 0.29) is 11.8 Å². The molecule has 2 aromatic heterocycles. The molecule has 1 saturated heterocycles. The second kappa shape index (κ2) is 7.93. The number of carbonyl (C=O) groups is 1. The maximum absolute atomic E-state index is 12.8. The normalized spacial score (nSPS) is 16.8. The van der Waals surface area contributed by atoms with Gasteiger partial charge < -0.3 is 10.2 Å². The van der Waals surface area contributed by atoms with E-state index >= 15 is 0 Å². The Kier molecular flexibility index (Phi) is 5.21. The first-order chi connectivity index (χ1) is 13.6. The summed E-state index contributed by atoms with van der Waals surface area (Å²) >= 11 is 6.05. The maximum Gasteiger partial charge on any atom is 0.229 e. The summed E-state index contributed by atoms with van der Waals surface area (Å²) in [7, 11) is 0. The highest BCUT2D eigenvalue weighted by Gasteiger charge is 2.27. The molecule has 28 heavy (non-hydrogen) atoms. The van der Waals surface area contributed by atoms with Gasteiger partial charge in [-0.25, -0.2) is 9.67 Å². The molecule has 9 heteroatoms. The molecule has 1 amide bonds. The minimum absolute atomic E-state index is 0.00209. The van der Waals surface area contributed by atoms with E-state index in [1.807, 2.05) is 31.2 Å². The second-order valence-corrected chi connectivity index (χ2v) is 7.26. The Bertz CT molecular complexity index is 959. The molecule has 0 spiro atoms. The zero-order valence-corrected chi connectivity index (χ0v) is 16.2.